The van der Waals surface area contributed by atoms with Gasteiger partial charge in [0.1, 0.15) is 16.7 Å². The van der Waals surface area contributed by atoms with E-state index in [4.69, 9.17) is 4.98 Å². The van der Waals surface area contributed by atoms with E-state index in [0.717, 1.165) is 93.1 Å². The lowest BCUT2D eigenvalue weighted by Crippen LogP contribution is -2.44. The van der Waals surface area contributed by atoms with Gasteiger partial charge in [-0.15, -0.1) is 11.3 Å². The number of carbonyl (C=O) groups excluding carboxylic acids is 3. The number of aryl methyl sites for hydroxylation is 1. The van der Waals surface area contributed by atoms with Crippen molar-refractivity contribution in [1.82, 2.24) is 29.7 Å². The Morgan fingerprint density at radius 2 is 1.70 bits per heavy atom. The average Bonchev–Trinajstić information content (AvgIpc) is 3.82. The summed E-state index contributed by atoms with van der Waals surface area (Å²) < 4.78 is 4.29. The van der Waals surface area contributed by atoms with E-state index in [-0.39, 0.29) is 30.0 Å². The van der Waals surface area contributed by atoms with Crippen molar-refractivity contribution in [2.24, 2.45) is 18.4 Å². The van der Waals surface area contributed by atoms with E-state index < -0.39 is 11.9 Å². The Morgan fingerprint density at radius 3 is 2.50 bits per heavy atom. The molecule has 1 unspecified atom stereocenters. The molecular formula is C42H49N9O4S. The van der Waals surface area contributed by atoms with Crippen LogP contribution in [0, 0.1) is 11.3 Å². The van der Waals surface area contributed by atoms with Crippen molar-refractivity contribution in [2.45, 2.75) is 64.0 Å². The maximum Gasteiger partial charge on any atom is 0.329 e. The second-order valence-corrected chi connectivity index (χ2v) is 18.0. The van der Waals surface area contributed by atoms with Gasteiger partial charge in [0.05, 0.1) is 22.2 Å². The van der Waals surface area contributed by atoms with E-state index in [9.17, 15) is 19.2 Å². The van der Waals surface area contributed by atoms with Crippen molar-refractivity contribution in [3.63, 3.8) is 0 Å². The molecule has 10 rings (SSSR count). The third kappa shape index (κ3) is 6.03. The van der Waals surface area contributed by atoms with Crippen LogP contribution in [-0.4, -0.2) is 95.1 Å². The molecule has 0 bridgehead atoms. The Kier molecular flexibility index (Phi) is 8.62. The van der Waals surface area contributed by atoms with Gasteiger partial charge < -0.3 is 25.3 Å². The van der Waals surface area contributed by atoms with Crippen molar-refractivity contribution in [3.05, 3.63) is 57.8 Å². The Hall–Kier alpha value is -4.95. The van der Waals surface area contributed by atoms with Gasteiger partial charge in [-0.1, -0.05) is 0 Å². The summed E-state index contributed by atoms with van der Waals surface area (Å²) in [7, 11) is 1.76. The fourth-order valence-electron chi connectivity index (χ4n) is 10.2. The minimum absolute atomic E-state index is 0.00257. The summed E-state index contributed by atoms with van der Waals surface area (Å²) >= 11 is 1.55. The van der Waals surface area contributed by atoms with Gasteiger partial charge in [0, 0.05) is 86.5 Å². The van der Waals surface area contributed by atoms with Crippen molar-refractivity contribution >= 4 is 78.3 Å². The third-order valence-corrected chi connectivity index (χ3v) is 14.6. The molecule has 0 aliphatic carbocycles. The quantitative estimate of drug-likeness (QED) is 0.215. The Labute approximate surface area is 329 Å². The van der Waals surface area contributed by atoms with E-state index >= 15 is 0 Å². The molecule has 3 N–H and O–H groups in total. The molecule has 5 aliphatic rings. The molecule has 8 heterocycles. The van der Waals surface area contributed by atoms with Crippen LogP contribution in [0.15, 0.2) is 47.3 Å². The minimum Gasteiger partial charge on any atom is -0.381 e. The zero-order valence-electron chi connectivity index (χ0n) is 32.1. The van der Waals surface area contributed by atoms with Gasteiger partial charge in [0.25, 0.3) is 5.91 Å². The number of rotatable bonds is 5. The number of imidazole rings is 1. The highest BCUT2D eigenvalue weighted by Gasteiger charge is 2.41. The fraction of sp³-hybridized carbons (Fsp3) is 0.500. The topological polar surface area (TPSA) is 137 Å². The Balaban J connectivity index is 0.749. The minimum atomic E-state index is -0.673. The van der Waals surface area contributed by atoms with Crippen molar-refractivity contribution in [3.8, 4) is 0 Å². The molecule has 3 amide bonds. The lowest BCUT2D eigenvalue weighted by atomic mass is 9.77. The molecule has 4 saturated heterocycles. The maximum absolute atomic E-state index is 13.3. The predicted molar refractivity (Wildman–Crippen MR) is 221 cm³/mol. The average molecular weight is 776 g/mol. The number of carbonyl (C=O) groups is 3. The second-order valence-electron chi connectivity index (χ2n) is 17.0. The maximum atomic E-state index is 13.3. The number of nitrogens with one attached hydrogen (secondary N) is 3. The summed E-state index contributed by atoms with van der Waals surface area (Å²) in [5.41, 5.74) is 4.70. The van der Waals surface area contributed by atoms with E-state index in [0.29, 0.717) is 24.3 Å². The lowest BCUT2D eigenvalue weighted by molar-refractivity contribution is -0.135. The lowest BCUT2D eigenvalue weighted by Gasteiger charge is -2.41. The molecular weight excluding hydrogens is 727 g/mol. The Morgan fingerprint density at radius 1 is 0.893 bits per heavy atom. The number of anilines is 3. The van der Waals surface area contributed by atoms with Gasteiger partial charge in [-0.2, -0.15) is 0 Å². The van der Waals surface area contributed by atoms with Crippen LogP contribution in [0.2, 0.25) is 0 Å². The van der Waals surface area contributed by atoms with Crippen molar-refractivity contribution in [2.75, 3.05) is 67.5 Å². The summed E-state index contributed by atoms with van der Waals surface area (Å²) in [5, 5.41) is 11.2. The summed E-state index contributed by atoms with van der Waals surface area (Å²) in [4.78, 5) is 64.0. The van der Waals surface area contributed by atoms with Gasteiger partial charge in [-0.3, -0.25) is 28.8 Å². The van der Waals surface area contributed by atoms with Crippen LogP contribution in [0.5, 0.6) is 0 Å². The molecule has 3 aromatic heterocycles. The summed E-state index contributed by atoms with van der Waals surface area (Å²) in [6.07, 6.45) is 6.48. The molecule has 0 radical (unpaired) electrons. The largest absolute Gasteiger partial charge is 0.381 e. The normalized spacial score (nSPS) is 23.5. The van der Waals surface area contributed by atoms with Crippen LogP contribution < -0.4 is 31.4 Å². The molecule has 1 spiro atoms. The zero-order chi connectivity index (χ0) is 38.3. The summed E-state index contributed by atoms with van der Waals surface area (Å²) in [6, 6.07) is 14.1. The van der Waals surface area contributed by atoms with E-state index in [2.05, 4.69) is 67.0 Å². The first kappa shape index (κ1) is 35.5. The number of nitrogens with zero attached hydrogens (tertiary/aromatic N) is 6. The van der Waals surface area contributed by atoms with Gasteiger partial charge in [0.2, 0.25) is 11.8 Å². The number of aromatic nitrogens is 3. The fourth-order valence-corrected chi connectivity index (χ4v) is 11.3. The Bertz CT molecular complexity index is 2470. The molecule has 2 aromatic carbocycles. The molecule has 5 aromatic rings. The first-order valence-corrected chi connectivity index (χ1v) is 21.1. The summed E-state index contributed by atoms with van der Waals surface area (Å²) in [6.45, 7) is 10.2. The van der Waals surface area contributed by atoms with Gasteiger partial charge in [0.15, 0.2) is 0 Å². The number of imide groups is 1. The van der Waals surface area contributed by atoms with Crippen molar-refractivity contribution in [1.29, 1.82) is 0 Å². The summed E-state index contributed by atoms with van der Waals surface area (Å²) in [5.74, 6) is 1.03. The number of likely N-dealkylation sites (tertiary alicyclic amines) is 1. The van der Waals surface area contributed by atoms with Crippen LogP contribution >= 0.6 is 11.3 Å². The highest BCUT2D eigenvalue weighted by Crippen LogP contribution is 2.43. The monoisotopic (exact) mass is 775 g/mol. The second kappa shape index (κ2) is 13.6. The number of benzene rings is 2. The van der Waals surface area contributed by atoms with E-state index in [1.54, 1.807) is 27.5 Å². The number of hydrogen-bond donors (Lipinski definition) is 3. The molecule has 14 heteroatoms. The molecule has 2 atom stereocenters. The highest BCUT2D eigenvalue weighted by molar-refractivity contribution is 7.21. The van der Waals surface area contributed by atoms with Gasteiger partial charge in [-0.25, -0.2) is 9.78 Å². The van der Waals surface area contributed by atoms with E-state index in [1.165, 1.54) is 38.9 Å². The number of piperidine rings is 3. The molecule has 4 fully saturated rings. The van der Waals surface area contributed by atoms with Crippen LogP contribution in [0.1, 0.15) is 67.6 Å². The zero-order valence-corrected chi connectivity index (χ0v) is 32.9. The molecule has 0 saturated carbocycles. The third-order valence-electron chi connectivity index (χ3n) is 13.4. The standard InChI is InChI=1S/C42H49N9O4S/c1-25-22-43-37-36-28-4-9-34(45-29(28)5-8-33(36)56-38(37)40(54)44-25)50-16-11-26(12-17-50)23-48-18-13-42(24-48)14-19-49(20-15-42)27-3-6-30-32(21-27)47(2)41(55)51(30)31-7-10-35(52)46-39(31)53/h3-6,8-9,21,25-26,31,43H,7,10-20,22-24H2,1-2H3,(H,44,54)(H,46,52,53)/t25-,31?/m1/s1. The molecule has 56 heavy (non-hydrogen) atoms. The van der Waals surface area contributed by atoms with Gasteiger partial charge >= 0.3 is 5.69 Å². The van der Waals surface area contributed by atoms with Crippen LogP contribution in [0.25, 0.3) is 32.0 Å². The van der Waals surface area contributed by atoms with Gasteiger partial charge in [-0.05, 0) is 106 Å². The first-order valence-electron chi connectivity index (χ1n) is 20.3. The molecule has 292 valence electrons. The smallest absolute Gasteiger partial charge is 0.329 e. The number of amides is 3. The highest BCUT2D eigenvalue weighted by atomic mass is 32.1. The van der Waals surface area contributed by atoms with Crippen LogP contribution in [0.3, 0.4) is 0 Å². The van der Waals surface area contributed by atoms with Crippen molar-refractivity contribution < 1.29 is 14.4 Å². The number of hydrogen-bond acceptors (Lipinski definition) is 10. The first-order chi connectivity index (χ1) is 27.1. The van der Waals surface area contributed by atoms with E-state index in [1.807, 2.05) is 13.0 Å². The van der Waals surface area contributed by atoms with Crippen LogP contribution in [-0.2, 0) is 16.6 Å². The molecule has 5 aliphatic heterocycles. The SMILES string of the molecule is C[C@@H]1CNc2c(sc3ccc4nc(N5CCC(CN6CCC7(CCN(c8ccc9c(c8)n(C)c(=O)n9C8CCC(=O)NC8=O)CC7)C6)CC5)ccc4c23)C(=O)N1. The molecule has 13 nitrogen and oxygen atoms in total. The predicted octanol–water partition coefficient (Wildman–Crippen LogP) is 4.83. The number of thiophene rings is 1. The number of fused-ring (bicyclic) bond motifs is 6. The van der Waals surface area contributed by atoms with Crippen LogP contribution in [0.4, 0.5) is 17.2 Å². The number of pyridine rings is 1.